The van der Waals surface area contributed by atoms with Crippen LogP contribution in [0, 0.1) is 17.3 Å². The van der Waals surface area contributed by atoms with Crippen LogP contribution < -0.4 is 0 Å². The van der Waals surface area contributed by atoms with Gasteiger partial charge >= 0.3 is 0 Å². The third-order valence-corrected chi connectivity index (χ3v) is 3.15. The van der Waals surface area contributed by atoms with E-state index in [-0.39, 0.29) is 6.29 Å². The van der Waals surface area contributed by atoms with E-state index < -0.39 is 0 Å². The molecule has 2 saturated heterocycles. The molecule has 0 radical (unpaired) electrons. The second-order valence-corrected chi connectivity index (χ2v) is 5.00. The molecule has 2 heteroatoms. The fraction of sp³-hybridized carbons (Fsp3) is 1.00. The molecule has 2 nitrogen and oxygen atoms in total. The minimum Gasteiger partial charge on any atom is -0.352 e. The predicted octanol–water partition coefficient (Wildman–Crippen LogP) is 2.04. The van der Waals surface area contributed by atoms with Gasteiger partial charge in [0, 0.05) is 5.92 Å². The lowest BCUT2D eigenvalue weighted by atomic mass is 9.74. The third-order valence-electron chi connectivity index (χ3n) is 3.15. The molecule has 0 spiro atoms. The summed E-state index contributed by atoms with van der Waals surface area (Å²) in [5.74, 6) is 1.34. The van der Waals surface area contributed by atoms with Crippen molar-refractivity contribution in [3.8, 4) is 0 Å². The van der Waals surface area contributed by atoms with Gasteiger partial charge in [0.1, 0.15) is 0 Å². The average Bonchev–Trinajstić information content (AvgIpc) is 2.37. The van der Waals surface area contributed by atoms with Gasteiger partial charge in [-0.2, -0.15) is 0 Å². The molecule has 0 aromatic rings. The van der Waals surface area contributed by atoms with E-state index in [0.29, 0.717) is 17.3 Å². The van der Waals surface area contributed by atoms with E-state index in [2.05, 4.69) is 20.8 Å². The standard InChI is InChI=1S/C10H18O2/c1-10(2,3)8-6-12-9-7(8)4-5-11-9/h7-9H,4-6H2,1-3H3. The van der Waals surface area contributed by atoms with E-state index in [1.165, 1.54) is 6.42 Å². The Morgan fingerprint density at radius 3 is 2.58 bits per heavy atom. The molecule has 2 heterocycles. The molecular weight excluding hydrogens is 152 g/mol. The molecule has 2 fully saturated rings. The molecule has 0 amide bonds. The maximum Gasteiger partial charge on any atom is 0.160 e. The van der Waals surface area contributed by atoms with Crippen LogP contribution >= 0.6 is 0 Å². The average molecular weight is 170 g/mol. The van der Waals surface area contributed by atoms with Crippen LogP contribution in [0.3, 0.4) is 0 Å². The summed E-state index contributed by atoms with van der Waals surface area (Å²) < 4.78 is 11.1. The molecule has 2 aliphatic rings. The molecule has 3 unspecified atom stereocenters. The Morgan fingerprint density at radius 1 is 1.17 bits per heavy atom. The number of ether oxygens (including phenoxy) is 2. The second-order valence-electron chi connectivity index (χ2n) is 5.00. The van der Waals surface area contributed by atoms with E-state index in [0.717, 1.165) is 13.2 Å². The summed E-state index contributed by atoms with van der Waals surface area (Å²) in [6, 6.07) is 0. The first-order chi connectivity index (χ1) is 5.59. The molecule has 3 atom stereocenters. The molecule has 0 N–H and O–H groups in total. The Hall–Kier alpha value is -0.0800. The SMILES string of the molecule is CC(C)(C)C1COC2OCCC21. The van der Waals surface area contributed by atoms with Gasteiger partial charge < -0.3 is 9.47 Å². The quantitative estimate of drug-likeness (QED) is 0.554. The van der Waals surface area contributed by atoms with E-state index in [1.807, 2.05) is 0 Å². The normalized spacial score (nSPS) is 41.8. The van der Waals surface area contributed by atoms with E-state index in [4.69, 9.17) is 9.47 Å². The number of rotatable bonds is 0. The zero-order chi connectivity index (χ0) is 8.77. The molecule has 2 rings (SSSR count). The largest absolute Gasteiger partial charge is 0.352 e. The monoisotopic (exact) mass is 170 g/mol. The van der Waals surface area contributed by atoms with Crippen LogP contribution in [0.5, 0.6) is 0 Å². The first-order valence-corrected chi connectivity index (χ1v) is 4.82. The number of fused-ring (bicyclic) bond motifs is 1. The van der Waals surface area contributed by atoms with E-state index >= 15 is 0 Å². The molecule has 0 bridgehead atoms. The summed E-state index contributed by atoms with van der Waals surface area (Å²) >= 11 is 0. The first-order valence-electron chi connectivity index (χ1n) is 4.82. The van der Waals surface area contributed by atoms with Crippen molar-refractivity contribution in [3.05, 3.63) is 0 Å². The van der Waals surface area contributed by atoms with Crippen molar-refractivity contribution < 1.29 is 9.47 Å². The van der Waals surface area contributed by atoms with Crippen LogP contribution in [0.4, 0.5) is 0 Å². The van der Waals surface area contributed by atoms with Crippen molar-refractivity contribution in [2.24, 2.45) is 17.3 Å². The van der Waals surface area contributed by atoms with Gasteiger partial charge in [-0.3, -0.25) is 0 Å². The highest BCUT2D eigenvalue weighted by atomic mass is 16.7. The fourth-order valence-electron chi connectivity index (χ4n) is 2.36. The van der Waals surface area contributed by atoms with Crippen molar-refractivity contribution in [1.82, 2.24) is 0 Å². The smallest absolute Gasteiger partial charge is 0.160 e. The highest BCUT2D eigenvalue weighted by molar-refractivity contribution is 4.89. The molecule has 0 saturated carbocycles. The molecule has 0 aliphatic carbocycles. The molecule has 12 heavy (non-hydrogen) atoms. The van der Waals surface area contributed by atoms with Crippen LogP contribution in [-0.4, -0.2) is 19.5 Å². The molecule has 0 aromatic heterocycles. The Labute approximate surface area is 74.2 Å². The minimum atomic E-state index is 0.120. The van der Waals surface area contributed by atoms with Crippen molar-refractivity contribution in [3.63, 3.8) is 0 Å². The van der Waals surface area contributed by atoms with Crippen LogP contribution in [0.2, 0.25) is 0 Å². The lowest BCUT2D eigenvalue weighted by Crippen LogP contribution is -2.27. The summed E-state index contributed by atoms with van der Waals surface area (Å²) in [6.07, 6.45) is 1.31. The maximum absolute atomic E-state index is 5.59. The van der Waals surface area contributed by atoms with Crippen molar-refractivity contribution in [2.45, 2.75) is 33.5 Å². The summed E-state index contributed by atoms with van der Waals surface area (Å²) in [4.78, 5) is 0. The zero-order valence-electron chi connectivity index (χ0n) is 8.17. The van der Waals surface area contributed by atoms with Crippen LogP contribution in [-0.2, 0) is 9.47 Å². The van der Waals surface area contributed by atoms with E-state index in [1.54, 1.807) is 0 Å². The summed E-state index contributed by atoms with van der Waals surface area (Å²) in [6.45, 7) is 8.66. The highest BCUT2D eigenvalue weighted by Crippen LogP contribution is 2.44. The Balaban J connectivity index is 2.09. The molecule has 70 valence electrons. The van der Waals surface area contributed by atoms with Crippen LogP contribution in [0.25, 0.3) is 0 Å². The summed E-state index contributed by atoms with van der Waals surface area (Å²) in [5, 5.41) is 0. The van der Waals surface area contributed by atoms with Gasteiger partial charge in [0.2, 0.25) is 0 Å². The summed E-state index contributed by atoms with van der Waals surface area (Å²) in [5.41, 5.74) is 0.368. The number of hydrogen-bond donors (Lipinski definition) is 0. The minimum absolute atomic E-state index is 0.120. The number of hydrogen-bond acceptors (Lipinski definition) is 2. The zero-order valence-corrected chi connectivity index (χ0v) is 8.17. The van der Waals surface area contributed by atoms with E-state index in [9.17, 15) is 0 Å². The third kappa shape index (κ3) is 1.27. The van der Waals surface area contributed by atoms with Gasteiger partial charge in [0.15, 0.2) is 6.29 Å². The molecule has 0 aromatic carbocycles. The predicted molar refractivity (Wildman–Crippen MR) is 46.7 cm³/mol. The lowest BCUT2D eigenvalue weighted by Gasteiger charge is -2.29. The topological polar surface area (TPSA) is 18.5 Å². The van der Waals surface area contributed by atoms with Gasteiger partial charge in [0.25, 0.3) is 0 Å². The molecule has 2 aliphatic heterocycles. The van der Waals surface area contributed by atoms with Crippen molar-refractivity contribution in [1.29, 1.82) is 0 Å². The second kappa shape index (κ2) is 2.71. The Kier molecular flexibility index (Phi) is 1.92. The summed E-state index contributed by atoms with van der Waals surface area (Å²) in [7, 11) is 0. The van der Waals surface area contributed by atoms with Gasteiger partial charge in [-0.15, -0.1) is 0 Å². The Bertz CT molecular complexity index is 171. The van der Waals surface area contributed by atoms with Crippen LogP contribution in [0.1, 0.15) is 27.2 Å². The van der Waals surface area contributed by atoms with Crippen molar-refractivity contribution >= 4 is 0 Å². The molecular formula is C10H18O2. The fourth-order valence-corrected chi connectivity index (χ4v) is 2.36. The van der Waals surface area contributed by atoms with Gasteiger partial charge in [-0.05, 0) is 17.8 Å². The lowest BCUT2D eigenvalue weighted by molar-refractivity contribution is -0.0906. The van der Waals surface area contributed by atoms with Gasteiger partial charge in [-0.1, -0.05) is 20.8 Å². The van der Waals surface area contributed by atoms with Gasteiger partial charge in [-0.25, -0.2) is 0 Å². The van der Waals surface area contributed by atoms with Crippen LogP contribution in [0.15, 0.2) is 0 Å². The van der Waals surface area contributed by atoms with Crippen molar-refractivity contribution in [2.75, 3.05) is 13.2 Å². The maximum atomic E-state index is 5.59. The highest BCUT2D eigenvalue weighted by Gasteiger charge is 2.46. The van der Waals surface area contributed by atoms with Gasteiger partial charge in [0.05, 0.1) is 13.2 Å². The first kappa shape index (κ1) is 8.52. The Morgan fingerprint density at radius 2 is 1.92 bits per heavy atom.